The molecule has 0 aliphatic carbocycles. The van der Waals surface area contributed by atoms with Crippen LogP contribution in [0, 0.1) is 0 Å². The molecule has 0 aliphatic heterocycles. The summed E-state index contributed by atoms with van der Waals surface area (Å²) in [4.78, 5) is 16.2. The molecule has 0 saturated carbocycles. The molecule has 104 valence electrons. The first kappa shape index (κ1) is 13.4. The van der Waals surface area contributed by atoms with Gasteiger partial charge in [-0.15, -0.1) is 10.2 Å². The Morgan fingerprint density at radius 3 is 2.71 bits per heavy atom. The Morgan fingerprint density at radius 1 is 1.14 bits per heavy atom. The minimum absolute atomic E-state index is 0.195. The van der Waals surface area contributed by atoms with E-state index in [2.05, 4.69) is 36.4 Å². The van der Waals surface area contributed by atoms with Crippen molar-refractivity contribution in [2.75, 3.05) is 5.32 Å². The number of benzene rings is 1. The molecule has 0 radical (unpaired) electrons. The molecule has 1 N–H and O–H groups in total. The number of pyridine rings is 1. The zero-order valence-corrected chi connectivity index (χ0v) is 12.4. The van der Waals surface area contributed by atoms with E-state index in [-0.39, 0.29) is 5.91 Å². The number of halogens is 1. The highest BCUT2D eigenvalue weighted by atomic mass is 79.9. The zero-order valence-electron chi connectivity index (χ0n) is 10.8. The molecule has 0 aliphatic rings. The largest absolute Gasteiger partial charge is 0.322 e. The first-order chi connectivity index (χ1) is 10.2. The predicted molar refractivity (Wildman–Crippen MR) is 81.2 cm³/mol. The number of hydrogen-bond acceptors (Lipinski definition) is 4. The van der Waals surface area contributed by atoms with Crippen molar-refractivity contribution in [1.82, 2.24) is 19.7 Å². The fourth-order valence-electron chi connectivity index (χ4n) is 1.83. The molecule has 2 heterocycles. The summed E-state index contributed by atoms with van der Waals surface area (Å²) >= 11 is 3.25. The smallest absolute Gasteiger partial charge is 0.255 e. The van der Waals surface area contributed by atoms with E-state index >= 15 is 0 Å². The van der Waals surface area contributed by atoms with Gasteiger partial charge in [-0.25, -0.2) is 4.98 Å². The third-order valence-electron chi connectivity index (χ3n) is 2.81. The lowest BCUT2D eigenvalue weighted by Gasteiger charge is -2.07. The summed E-state index contributed by atoms with van der Waals surface area (Å²) in [5.41, 5.74) is 2.10. The number of anilines is 1. The number of hydrogen-bond donors (Lipinski definition) is 1. The van der Waals surface area contributed by atoms with Crippen LogP contribution in [0.5, 0.6) is 0 Å². The van der Waals surface area contributed by atoms with Crippen LogP contribution in [0.15, 0.2) is 59.9 Å². The van der Waals surface area contributed by atoms with Gasteiger partial charge in [0.05, 0.1) is 5.69 Å². The second-order valence-electron chi connectivity index (χ2n) is 4.24. The van der Waals surface area contributed by atoms with Gasteiger partial charge in [-0.1, -0.05) is 6.07 Å². The molecule has 0 fully saturated rings. The third kappa shape index (κ3) is 3.14. The highest BCUT2D eigenvalue weighted by Gasteiger charge is 2.07. The van der Waals surface area contributed by atoms with Gasteiger partial charge in [0.15, 0.2) is 0 Å². The van der Waals surface area contributed by atoms with Crippen LogP contribution in [0.1, 0.15) is 10.4 Å². The quantitative estimate of drug-likeness (QED) is 0.742. The minimum Gasteiger partial charge on any atom is -0.322 e. The Morgan fingerprint density at radius 2 is 1.95 bits per heavy atom. The van der Waals surface area contributed by atoms with Gasteiger partial charge in [-0.05, 0) is 46.3 Å². The van der Waals surface area contributed by atoms with Crippen LogP contribution in [0.3, 0.4) is 0 Å². The summed E-state index contributed by atoms with van der Waals surface area (Å²) in [7, 11) is 0. The first-order valence-corrected chi connectivity index (χ1v) is 6.90. The summed E-state index contributed by atoms with van der Waals surface area (Å²) in [5.74, 6) is -0.195. The highest BCUT2D eigenvalue weighted by molar-refractivity contribution is 9.10. The van der Waals surface area contributed by atoms with Gasteiger partial charge in [-0.3, -0.25) is 9.36 Å². The molecule has 7 heteroatoms. The molecule has 3 rings (SSSR count). The number of rotatable bonds is 3. The summed E-state index contributed by atoms with van der Waals surface area (Å²) < 4.78 is 2.38. The van der Waals surface area contributed by atoms with Crippen molar-refractivity contribution in [3.8, 4) is 5.69 Å². The molecular formula is C14H10BrN5O. The average molecular weight is 344 g/mol. The van der Waals surface area contributed by atoms with Gasteiger partial charge in [0.1, 0.15) is 17.3 Å². The van der Waals surface area contributed by atoms with Crippen LogP contribution in [0.25, 0.3) is 5.69 Å². The van der Waals surface area contributed by atoms with Crippen molar-refractivity contribution < 1.29 is 4.79 Å². The molecule has 6 nitrogen and oxygen atoms in total. The molecule has 0 bridgehead atoms. The maximum atomic E-state index is 12.2. The van der Waals surface area contributed by atoms with Crippen molar-refractivity contribution in [3.63, 3.8) is 0 Å². The molecular weight excluding hydrogens is 334 g/mol. The maximum absolute atomic E-state index is 12.2. The Balaban J connectivity index is 1.82. The number of amides is 1. The molecule has 21 heavy (non-hydrogen) atoms. The third-order valence-corrected chi connectivity index (χ3v) is 3.24. The van der Waals surface area contributed by atoms with E-state index in [1.807, 2.05) is 24.3 Å². The Bertz CT molecular complexity index is 773. The number of nitrogens with zero attached hydrogens (tertiary/aromatic N) is 4. The molecule has 3 aromatic rings. The van der Waals surface area contributed by atoms with Crippen LogP contribution >= 0.6 is 15.9 Å². The standard InChI is InChI=1S/C14H10BrN5O/c15-13-6-10(4-5-16-13)14(21)19-11-2-1-3-12(7-11)20-8-17-18-9-20/h1-9H,(H,19,21). The summed E-state index contributed by atoms with van der Waals surface area (Å²) in [6, 6.07) is 10.7. The van der Waals surface area contributed by atoms with Crippen molar-refractivity contribution in [3.05, 3.63) is 65.4 Å². The van der Waals surface area contributed by atoms with E-state index in [4.69, 9.17) is 0 Å². The topological polar surface area (TPSA) is 72.7 Å². The van der Waals surface area contributed by atoms with Crippen LogP contribution in [-0.4, -0.2) is 25.7 Å². The SMILES string of the molecule is O=C(Nc1cccc(-n2cnnc2)c1)c1ccnc(Br)c1. The number of carbonyl (C=O) groups excluding carboxylic acids is 1. The molecule has 1 amide bonds. The van der Waals surface area contributed by atoms with Gasteiger partial charge in [-0.2, -0.15) is 0 Å². The number of aromatic nitrogens is 4. The number of carbonyl (C=O) groups is 1. The lowest BCUT2D eigenvalue weighted by molar-refractivity contribution is 0.102. The van der Waals surface area contributed by atoms with E-state index in [0.29, 0.717) is 15.9 Å². The lowest BCUT2D eigenvalue weighted by Crippen LogP contribution is -2.12. The predicted octanol–water partition coefficient (Wildman–Crippen LogP) is 2.68. The molecule has 0 spiro atoms. The van der Waals surface area contributed by atoms with Crippen molar-refractivity contribution >= 4 is 27.5 Å². The monoisotopic (exact) mass is 343 g/mol. The van der Waals surface area contributed by atoms with E-state index in [1.165, 1.54) is 0 Å². The normalized spacial score (nSPS) is 10.3. The molecule has 0 saturated heterocycles. The summed E-state index contributed by atoms with van der Waals surface area (Å²) in [6.45, 7) is 0. The second-order valence-corrected chi connectivity index (χ2v) is 5.05. The van der Waals surface area contributed by atoms with Crippen LogP contribution < -0.4 is 5.32 Å². The zero-order chi connectivity index (χ0) is 14.7. The molecule has 1 aromatic carbocycles. The van der Waals surface area contributed by atoms with E-state index < -0.39 is 0 Å². The van der Waals surface area contributed by atoms with Crippen LogP contribution in [0.4, 0.5) is 5.69 Å². The Kier molecular flexibility index (Phi) is 3.74. The first-order valence-electron chi connectivity index (χ1n) is 6.10. The minimum atomic E-state index is -0.195. The maximum Gasteiger partial charge on any atom is 0.255 e. The highest BCUT2D eigenvalue weighted by Crippen LogP contribution is 2.16. The van der Waals surface area contributed by atoms with E-state index in [0.717, 1.165) is 5.69 Å². The molecule has 2 aromatic heterocycles. The van der Waals surface area contributed by atoms with Gasteiger partial charge in [0, 0.05) is 17.4 Å². The lowest BCUT2D eigenvalue weighted by atomic mass is 10.2. The van der Waals surface area contributed by atoms with Crippen molar-refractivity contribution in [1.29, 1.82) is 0 Å². The van der Waals surface area contributed by atoms with E-state index in [1.54, 1.807) is 35.6 Å². The van der Waals surface area contributed by atoms with Crippen molar-refractivity contribution in [2.24, 2.45) is 0 Å². The van der Waals surface area contributed by atoms with Gasteiger partial charge in [0.25, 0.3) is 5.91 Å². The second kappa shape index (κ2) is 5.84. The molecule has 0 unspecified atom stereocenters. The van der Waals surface area contributed by atoms with Gasteiger partial charge >= 0.3 is 0 Å². The Labute approximate surface area is 129 Å². The van der Waals surface area contributed by atoms with Gasteiger partial charge < -0.3 is 5.32 Å². The fourth-order valence-corrected chi connectivity index (χ4v) is 2.19. The Hall–Kier alpha value is -2.54. The summed E-state index contributed by atoms with van der Waals surface area (Å²) in [5, 5.41) is 10.4. The average Bonchev–Trinajstić information content (AvgIpc) is 3.02. The van der Waals surface area contributed by atoms with Crippen LogP contribution in [-0.2, 0) is 0 Å². The van der Waals surface area contributed by atoms with Gasteiger partial charge in [0.2, 0.25) is 0 Å². The number of nitrogens with one attached hydrogen (secondary N) is 1. The molecule has 0 atom stereocenters. The van der Waals surface area contributed by atoms with Crippen LogP contribution in [0.2, 0.25) is 0 Å². The van der Waals surface area contributed by atoms with E-state index in [9.17, 15) is 4.79 Å². The fraction of sp³-hybridized carbons (Fsp3) is 0. The summed E-state index contributed by atoms with van der Waals surface area (Å²) in [6.07, 6.45) is 4.77. The van der Waals surface area contributed by atoms with Crippen molar-refractivity contribution in [2.45, 2.75) is 0 Å².